The van der Waals surface area contributed by atoms with E-state index in [0.29, 0.717) is 26.1 Å². The molecule has 2 aliphatic heterocycles. The highest BCUT2D eigenvalue weighted by atomic mass is 35.5. The molecule has 0 bridgehead atoms. The summed E-state index contributed by atoms with van der Waals surface area (Å²) in [6, 6.07) is 9.55. The van der Waals surface area contributed by atoms with Crippen LogP contribution in [0.15, 0.2) is 30.3 Å². The summed E-state index contributed by atoms with van der Waals surface area (Å²) < 4.78 is 0. The highest BCUT2D eigenvalue weighted by Crippen LogP contribution is 2.30. The van der Waals surface area contributed by atoms with Crippen LogP contribution in [-0.2, 0) is 16.0 Å². The first-order valence-corrected chi connectivity index (χ1v) is 9.26. The van der Waals surface area contributed by atoms with Crippen molar-refractivity contribution in [2.24, 2.45) is 11.1 Å². The number of nitrogens with two attached hydrogens (primary N) is 1. The summed E-state index contributed by atoms with van der Waals surface area (Å²) >= 11 is 0. The van der Waals surface area contributed by atoms with Crippen LogP contribution >= 0.6 is 12.4 Å². The van der Waals surface area contributed by atoms with Crippen molar-refractivity contribution in [3.05, 3.63) is 35.9 Å². The zero-order chi connectivity index (χ0) is 18.0. The van der Waals surface area contributed by atoms with Crippen molar-refractivity contribution in [2.75, 3.05) is 19.6 Å². The first-order chi connectivity index (χ1) is 11.9. The fraction of sp³-hybridized carbons (Fsp3) is 0.600. The summed E-state index contributed by atoms with van der Waals surface area (Å²) in [5.41, 5.74) is 7.11. The summed E-state index contributed by atoms with van der Waals surface area (Å²) in [5, 5.41) is 0. The minimum Gasteiger partial charge on any atom is -0.340 e. The smallest absolute Gasteiger partial charge is 0.245 e. The van der Waals surface area contributed by atoms with E-state index < -0.39 is 0 Å². The van der Waals surface area contributed by atoms with Gasteiger partial charge in [0.05, 0.1) is 6.42 Å². The third-order valence-corrected chi connectivity index (χ3v) is 5.68. The van der Waals surface area contributed by atoms with Gasteiger partial charge in [-0.25, -0.2) is 0 Å². The van der Waals surface area contributed by atoms with Crippen LogP contribution in [0.2, 0.25) is 0 Å². The molecule has 2 atom stereocenters. The molecule has 3 rings (SSSR count). The van der Waals surface area contributed by atoms with Gasteiger partial charge in [0.25, 0.3) is 0 Å². The van der Waals surface area contributed by atoms with Gasteiger partial charge in [0.2, 0.25) is 11.8 Å². The Labute approximate surface area is 162 Å². The Morgan fingerprint density at radius 1 is 1.15 bits per heavy atom. The number of benzene rings is 1. The minimum absolute atomic E-state index is 0. The summed E-state index contributed by atoms with van der Waals surface area (Å²) in [7, 11) is 0. The largest absolute Gasteiger partial charge is 0.340 e. The van der Waals surface area contributed by atoms with Gasteiger partial charge in [-0.2, -0.15) is 0 Å². The first-order valence-electron chi connectivity index (χ1n) is 9.26. The van der Waals surface area contributed by atoms with Gasteiger partial charge in [-0.05, 0) is 30.2 Å². The molecule has 6 heteroatoms. The number of halogens is 1. The lowest BCUT2D eigenvalue weighted by Crippen LogP contribution is -2.57. The van der Waals surface area contributed by atoms with E-state index in [-0.39, 0.29) is 41.7 Å². The van der Waals surface area contributed by atoms with E-state index in [1.165, 1.54) is 0 Å². The van der Waals surface area contributed by atoms with Gasteiger partial charge in [-0.15, -0.1) is 12.4 Å². The fourth-order valence-corrected chi connectivity index (χ4v) is 3.97. The molecule has 2 saturated heterocycles. The van der Waals surface area contributed by atoms with Gasteiger partial charge >= 0.3 is 0 Å². The van der Waals surface area contributed by atoms with Gasteiger partial charge in [-0.1, -0.05) is 44.2 Å². The number of rotatable bonds is 3. The zero-order valence-corrected chi connectivity index (χ0v) is 16.5. The van der Waals surface area contributed by atoms with Crippen LogP contribution in [0.4, 0.5) is 0 Å². The van der Waals surface area contributed by atoms with E-state index in [9.17, 15) is 9.59 Å². The third-order valence-electron chi connectivity index (χ3n) is 5.68. The number of nitrogens with zero attached hydrogens (tertiary/aromatic N) is 2. The Kier molecular flexibility index (Phi) is 6.69. The van der Waals surface area contributed by atoms with Crippen LogP contribution in [0.5, 0.6) is 0 Å². The zero-order valence-electron chi connectivity index (χ0n) is 15.7. The molecule has 0 radical (unpaired) electrons. The van der Waals surface area contributed by atoms with Crippen molar-refractivity contribution >= 4 is 24.2 Å². The number of amides is 2. The molecular formula is C20H30ClN3O2. The molecule has 26 heavy (non-hydrogen) atoms. The Morgan fingerprint density at radius 2 is 1.85 bits per heavy atom. The Balaban J connectivity index is 0.00000243. The highest BCUT2D eigenvalue weighted by Gasteiger charge is 2.41. The van der Waals surface area contributed by atoms with Crippen molar-refractivity contribution in [1.29, 1.82) is 0 Å². The van der Waals surface area contributed by atoms with E-state index in [1.54, 1.807) is 4.90 Å². The Morgan fingerprint density at radius 3 is 2.50 bits per heavy atom. The number of piperidine rings is 1. The lowest BCUT2D eigenvalue weighted by atomic mass is 9.79. The van der Waals surface area contributed by atoms with Crippen LogP contribution in [0.25, 0.3) is 0 Å². The van der Waals surface area contributed by atoms with E-state index in [2.05, 4.69) is 13.8 Å². The van der Waals surface area contributed by atoms with Crippen molar-refractivity contribution in [2.45, 2.75) is 51.6 Å². The normalized spacial score (nSPS) is 24.9. The molecule has 1 aromatic carbocycles. The van der Waals surface area contributed by atoms with E-state index in [4.69, 9.17) is 5.73 Å². The summed E-state index contributed by atoms with van der Waals surface area (Å²) in [6.45, 7) is 6.28. The molecule has 2 heterocycles. The second-order valence-corrected chi connectivity index (χ2v) is 8.05. The lowest BCUT2D eigenvalue weighted by molar-refractivity contribution is -0.145. The second-order valence-electron chi connectivity index (χ2n) is 8.05. The minimum atomic E-state index is -0.304. The van der Waals surface area contributed by atoms with Crippen LogP contribution in [-0.4, -0.2) is 53.3 Å². The molecule has 2 fully saturated rings. The Bertz CT molecular complexity index is 635. The van der Waals surface area contributed by atoms with Crippen molar-refractivity contribution in [1.82, 2.24) is 9.80 Å². The molecule has 0 aliphatic carbocycles. The molecule has 0 aromatic heterocycles. The molecule has 2 amide bonds. The number of carbonyl (C=O) groups excluding carboxylic acids is 2. The monoisotopic (exact) mass is 379 g/mol. The molecular weight excluding hydrogens is 350 g/mol. The van der Waals surface area contributed by atoms with Crippen molar-refractivity contribution in [3.8, 4) is 0 Å². The summed E-state index contributed by atoms with van der Waals surface area (Å²) in [5.74, 6) is 0.147. The standard InChI is InChI=1S/C20H29N3O2.ClH/c1-20(2)14-22(12-10-17(20)21)19(25)16-9-6-11-23(16)18(24)13-15-7-4-3-5-8-15;/h3-5,7-8,16-17H,6,9-14,21H2,1-2H3;1H. The molecule has 144 valence electrons. The van der Waals surface area contributed by atoms with Crippen LogP contribution in [0.1, 0.15) is 38.7 Å². The number of likely N-dealkylation sites (tertiary alicyclic amines) is 2. The fourth-order valence-electron chi connectivity index (χ4n) is 3.97. The molecule has 2 N–H and O–H groups in total. The van der Waals surface area contributed by atoms with Crippen LogP contribution < -0.4 is 5.73 Å². The maximum atomic E-state index is 13.1. The molecule has 0 spiro atoms. The first kappa shape index (κ1) is 20.7. The molecule has 2 unspecified atom stereocenters. The highest BCUT2D eigenvalue weighted by molar-refractivity contribution is 5.89. The van der Waals surface area contributed by atoms with Crippen LogP contribution in [0.3, 0.4) is 0 Å². The Hall–Kier alpha value is -1.59. The molecule has 2 aliphatic rings. The van der Waals surface area contributed by atoms with Gasteiger partial charge in [-0.3, -0.25) is 9.59 Å². The van der Waals surface area contributed by atoms with Crippen molar-refractivity contribution < 1.29 is 9.59 Å². The predicted octanol–water partition coefficient (Wildman–Crippen LogP) is 2.23. The summed E-state index contributed by atoms with van der Waals surface area (Å²) in [6.07, 6.45) is 2.85. The molecule has 0 saturated carbocycles. The van der Waals surface area contributed by atoms with E-state index in [1.807, 2.05) is 35.2 Å². The molecule has 5 nitrogen and oxygen atoms in total. The van der Waals surface area contributed by atoms with E-state index >= 15 is 0 Å². The number of hydrogen-bond donors (Lipinski definition) is 1. The maximum absolute atomic E-state index is 13.1. The lowest BCUT2D eigenvalue weighted by Gasteiger charge is -2.44. The quantitative estimate of drug-likeness (QED) is 0.875. The SMILES string of the molecule is CC1(C)CN(C(=O)C2CCCN2C(=O)Cc2ccccc2)CCC1N.Cl. The molecule has 1 aromatic rings. The average Bonchev–Trinajstić information content (AvgIpc) is 3.07. The number of hydrogen-bond acceptors (Lipinski definition) is 3. The van der Waals surface area contributed by atoms with Gasteiger partial charge < -0.3 is 15.5 Å². The van der Waals surface area contributed by atoms with Gasteiger partial charge in [0.15, 0.2) is 0 Å². The second kappa shape index (κ2) is 8.40. The van der Waals surface area contributed by atoms with Gasteiger partial charge in [0, 0.05) is 25.7 Å². The number of carbonyl (C=O) groups is 2. The average molecular weight is 380 g/mol. The topological polar surface area (TPSA) is 66.6 Å². The van der Waals surface area contributed by atoms with Crippen molar-refractivity contribution in [3.63, 3.8) is 0 Å². The maximum Gasteiger partial charge on any atom is 0.245 e. The van der Waals surface area contributed by atoms with E-state index in [0.717, 1.165) is 24.8 Å². The predicted molar refractivity (Wildman–Crippen MR) is 105 cm³/mol. The summed E-state index contributed by atoms with van der Waals surface area (Å²) in [4.78, 5) is 29.5. The van der Waals surface area contributed by atoms with Crippen LogP contribution in [0, 0.1) is 5.41 Å². The third kappa shape index (κ3) is 4.38. The van der Waals surface area contributed by atoms with Gasteiger partial charge in [0.1, 0.15) is 6.04 Å².